The van der Waals surface area contributed by atoms with Crippen LogP contribution in [-0.4, -0.2) is 18.3 Å². The van der Waals surface area contributed by atoms with Crippen molar-refractivity contribution in [3.63, 3.8) is 0 Å². The summed E-state index contributed by atoms with van der Waals surface area (Å²) in [6, 6.07) is 5.88. The fourth-order valence-electron chi connectivity index (χ4n) is 1.57. The molecule has 0 spiro atoms. The molecule has 1 aromatic rings. The Labute approximate surface area is 97.7 Å². The Morgan fingerprint density at radius 3 is 2.69 bits per heavy atom. The van der Waals surface area contributed by atoms with Crippen LogP contribution in [0.3, 0.4) is 0 Å². The predicted octanol–water partition coefficient (Wildman–Crippen LogP) is 2.40. The second-order valence-electron chi connectivity index (χ2n) is 5.01. The van der Waals surface area contributed by atoms with E-state index in [0.29, 0.717) is 0 Å². The van der Waals surface area contributed by atoms with Crippen LogP contribution in [-0.2, 0) is 0 Å². The van der Waals surface area contributed by atoms with Gasteiger partial charge in [-0.1, -0.05) is 19.9 Å². The van der Waals surface area contributed by atoms with Crippen molar-refractivity contribution in [3.8, 4) is 0 Å². The molecular weight excluding hydrogens is 200 g/mol. The van der Waals surface area contributed by atoms with Gasteiger partial charge in [-0.15, -0.1) is 0 Å². The van der Waals surface area contributed by atoms with Crippen LogP contribution in [0.15, 0.2) is 18.2 Å². The zero-order chi connectivity index (χ0) is 12.2. The Bertz CT molecular complexity index is 348. The number of anilines is 2. The minimum Gasteiger partial charge on any atom is -0.398 e. The first kappa shape index (κ1) is 12.8. The fraction of sp³-hybridized carbons (Fsp3) is 0.538. The van der Waals surface area contributed by atoms with Gasteiger partial charge in [-0.3, -0.25) is 0 Å². The lowest BCUT2D eigenvalue weighted by Crippen LogP contribution is -2.24. The van der Waals surface area contributed by atoms with Gasteiger partial charge in [-0.25, -0.2) is 0 Å². The summed E-state index contributed by atoms with van der Waals surface area (Å²) >= 11 is 0. The summed E-state index contributed by atoms with van der Waals surface area (Å²) in [4.78, 5) is 0. The van der Waals surface area contributed by atoms with Gasteiger partial charge < -0.3 is 16.2 Å². The molecule has 16 heavy (non-hydrogen) atoms. The first-order valence-electron chi connectivity index (χ1n) is 5.66. The highest BCUT2D eigenvalue weighted by Crippen LogP contribution is 2.24. The summed E-state index contributed by atoms with van der Waals surface area (Å²) in [5.74, 6) is 0. The average Bonchev–Trinajstić information content (AvgIpc) is 2.20. The third kappa shape index (κ3) is 3.42. The van der Waals surface area contributed by atoms with Crippen LogP contribution in [0.2, 0.25) is 0 Å². The fourth-order valence-corrected chi connectivity index (χ4v) is 1.57. The van der Waals surface area contributed by atoms with Crippen LogP contribution in [0.4, 0.5) is 11.4 Å². The summed E-state index contributed by atoms with van der Waals surface area (Å²) in [6.07, 6.45) is 0.793. The first-order valence-corrected chi connectivity index (χ1v) is 5.66. The van der Waals surface area contributed by atoms with Crippen LogP contribution in [0.25, 0.3) is 0 Å². The average molecular weight is 222 g/mol. The van der Waals surface area contributed by atoms with Gasteiger partial charge in [0.1, 0.15) is 0 Å². The van der Waals surface area contributed by atoms with Crippen molar-refractivity contribution in [3.05, 3.63) is 23.8 Å². The summed E-state index contributed by atoms with van der Waals surface area (Å²) in [7, 11) is 0. The van der Waals surface area contributed by atoms with Gasteiger partial charge in [-0.05, 0) is 36.5 Å². The molecule has 0 heterocycles. The lowest BCUT2D eigenvalue weighted by molar-refractivity contribution is 0.220. The van der Waals surface area contributed by atoms with E-state index >= 15 is 0 Å². The number of nitrogens with two attached hydrogens (primary N) is 1. The number of aliphatic hydroxyl groups excluding tert-OH is 1. The highest BCUT2D eigenvalue weighted by Gasteiger charge is 2.17. The molecule has 0 aromatic heterocycles. The molecule has 0 aliphatic carbocycles. The zero-order valence-electron chi connectivity index (χ0n) is 10.4. The topological polar surface area (TPSA) is 58.3 Å². The SMILES string of the molecule is Cc1c(N)cccc1NCC(C)(C)CCO. The number of nitrogens with one attached hydrogen (secondary N) is 1. The van der Waals surface area contributed by atoms with Crippen molar-refractivity contribution in [1.29, 1.82) is 0 Å². The normalized spacial score (nSPS) is 11.5. The monoisotopic (exact) mass is 222 g/mol. The molecule has 3 heteroatoms. The van der Waals surface area contributed by atoms with Crippen LogP contribution < -0.4 is 11.1 Å². The second kappa shape index (κ2) is 5.21. The number of hydrogen-bond donors (Lipinski definition) is 3. The van der Waals surface area contributed by atoms with E-state index < -0.39 is 0 Å². The summed E-state index contributed by atoms with van der Waals surface area (Å²) in [5.41, 5.74) is 8.90. The van der Waals surface area contributed by atoms with Crippen molar-refractivity contribution in [2.45, 2.75) is 27.2 Å². The van der Waals surface area contributed by atoms with E-state index in [9.17, 15) is 0 Å². The molecule has 0 saturated heterocycles. The molecule has 0 aliphatic rings. The highest BCUT2D eigenvalue weighted by molar-refractivity contribution is 5.62. The molecule has 0 radical (unpaired) electrons. The van der Waals surface area contributed by atoms with Gasteiger partial charge in [0.15, 0.2) is 0 Å². The molecule has 1 aromatic carbocycles. The Balaban J connectivity index is 2.64. The maximum Gasteiger partial charge on any atom is 0.0436 e. The Hall–Kier alpha value is -1.22. The van der Waals surface area contributed by atoms with Gasteiger partial charge >= 0.3 is 0 Å². The molecular formula is C13H22N2O. The molecule has 1 rings (SSSR count). The van der Waals surface area contributed by atoms with Crippen molar-refractivity contribution in [2.24, 2.45) is 5.41 Å². The molecule has 3 nitrogen and oxygen atoms in total. The lowest BCUT2D eigenvalue weighted by Gasteiger charge is -2.25. The molecule has 0 bridgehead atoms. The van der Waals surface area contributed by atoms with E-state index in [1.807, 2.05) is 25.1 Å². The van der Waals surface area contributed by atoms with Crippen molar-refractivity contribution >= 4 is 11.4 Å². The lowest BCUT2D eigenvalue weighted by atomic mass is 9.89. The molecule has 0 saturated carbocycles. The van der Waals surface area contributed by atoms with Crippen molar-refractivity contribution in [2.75, 3.05) is 24.2 Å². The molecule has 0 amide bonds. The van der Waals surface area contributed by atoms with E-state index in [1.165, 1.54) is 0 Å². The maximum absolute atomic E-state index is 8.95. The number of hydrogen-bond acceptors (Lipinski definition) is 3. The van der Waals surface area contributed by atoms with Crippen LogP contribution in [0.5, 0.6) is 0 Å². The number of aliphatic hydroxyl groups is 1. The van der Waals surface area contributed by atoms with Gasteiger partial charge in [0.25, 0.3) is 0 Å². The molecule has 4 N–H and O–H groups in total. The van der Waals surface area contributed by atoms with Gasteiger partial charge in [0.2, 0.25) is 0 Å². The Morgan fingerprint density at radius 1 is 1.38 bits per heavy atom. The predicted molar refractivity (Wildman–Crippen MR) is 69.6 cm³/mol. The standard InChI is InChI=1S/C13H22N2O/c1-10-11(14)5-4-6-12(10)15-9-13(2,3)7-8-16/h4-6,15-16H,7-9,14H2,1-3H3. The number of nitrogen functional groups attached to an aromatic ring is 1. The largest absolute Gasteiger partial charge is 0.398 e. The van der Waals surface area contributed by atoms with E-state index in [0.717, 1.165) is 29.9 Å². The Morgan fingerprint density at radius 2 is 2.06 bits per heavy atom. The molecule has 0 aliphatic heterocycles. The Kier molecular flexibility index (Phi) is 4.19. The van der Waals surface area contributed by atoms with E-state index in [4.69, 9.17) is 10.8 Å². The first-order chi connectivity index (χ1) is 7.46. The van der Waals surface area contributed by atoms with Crippen LogP contribution in [0, 0.1) is 12.3 Å². The number of rotatable bonds is 5. The van der Waals surface area contributed by atoms with Gasteiger partial charge in [0, 0.05) is 24.5 Å². The van der Waals surface area contributed by atoms with Crippen molar-refractivity contribution < 1.29 is 5.11 Å². The van der Waals surface area contributed by atoms with Crippen LogP contribution in [0.1, 0.15) is 25.8 Å². The minimum absolute atomic E-state index is 0.0891. The molecule has 0 unspecified atom stereocenters. The number of benzene rings is 1. The highest BCUT2D eigenvalue weighted by atomic mass is 16.3. The van der Waals surface area contributed by atoms with Gasteiger partial charge in [0.05, 0.1) is 0 Å². The van der Waals surface area contributed by atoms with E-state index in [-0.39, 0.29) is 12.0 Å². The zero-order valence-corrected chi connectivity index (χ0v) is 10.4. The molecule has 90 valence electrons. The molecule has 0 atom stereocenters. The third-order valence-corrected chi connectivity index (χ3v) is 2.92. The third-order valence-electron chi connectivity index (χ3n) is 2.92. The van der Waals surface area contributed by atoms with Gasteiger partial charge in [-0.2, -0.15) is 0 Å². The van der Waals surface area contributed by atoms with Crippen molar-refractivity contribution in [1.82, 2.24) is 0 Å². The van der Waals surface area contributed by atoms with E-state index in [2.05, 4.69) is 19.2 Å². The summed E-state index contributed by atoms with van der Waals surface area (Å²) in [6.45, 7) is 7.34. The summed E-state index contributed by atoms with van der Waals surface area (Å²) in [5, 5.41) is 12.3. The maximum atomic E-state index is 8.95. The smallest absolute Gasteiger partial charge is 0.0436 e. The molecule has 0 fully saturated rings. The van der Waals surface area contributed by atoms with Crippen LogP contribution >= 0.6 is 0 Å². The quantitative estimate of drug-likeness (QED) is 0.670. The summed E-state index contributed by atoms with van der Waals surface area (Å²) < 4.78 is 0. The van der Waals surface area contributed by atoms with E-state index in [1.54, 1.807) is 0 Å². The minimum atomic E-state index is 0.0891. The second-order valence-corrected chi connectivity index (χ2v) is 5.01.